The molecule has 2 aromatic rings. The van der Waals surface area contributed by atoms with Crippen molar-refractivity contribution in [2.24, 2.45) is 11.7 Å². The van der Waals surface area contributed by atoms with Gasteiger partial charge in [0.05, 0.1) is 5.69 Å². The van der Waals surface area contributed by atoms with Crippen molar-refractivity contribution < 1.29 is 4.79 Å². The largest absolute Gasteiger partial charge is 0.328 e. The summed E-state index contributed by atoms with van der Waals surface area (Å²) in [5, 5.41) is 2.99. The summed E-state index contributed by atoms with van der Waals surface area (Å²) in [6, 6.07) is 9.75. The number of nitrogens with zero attached hydrogens (tertiary/aromatic N) is 2. The van der Waals surface area contributed by atoms with Gasteiger partial charge in [0, 0.05) is 29.4 Å². The Morgan fingerprint density at radius 2 is 2.18 bits per heavy atom. The van der Waals surface area contributed by atoms with Crippen molar-refractivity contribution in [1.82, 2.24) is 9.97 Å². The Morgan fingerprint density at radius 3 is 2.91 bits per heavy atom. The number of aromatic nitrogens is 2. The third-order valence-electron chi connectivity index (χ3n) is 4.05. The van der Waals surface area contributed by atoms with Crippen LogP contribution in [0.3, 0.4) is 0 Å². The molecule has 5 heteroatoms. The highest BCUT2D eigenvalue weighted by Crippen LogP contribution is 2.26. The Morgan fingerprint density at radius 1 is 1.32 bits per heavy atom. The van der Waals surface area contributed by atoms with E-state index >= 15 is 0 Å². The molecule has 0 aliphatic heterocycles. The topological polar surface area (TPSA) is 80.9 Å². The number of nitrogens with two attached hydrogens (primary N) is 1. The SMILES string of the molecule is Cc1nccc(-c2cccc(NC(=O)C3CCC(N)C3)c2)n1. The van der Waals surface area contributed by atoms with E-state index in [0.717, 1.165) is 42.0 Å². The van der Waals surface area contributed by atoms with E-state index in [2.05, 4.69) is 15.3 Å². The van der Waals surface area contributed by atoms with Crippen molar-refractivity contribution >= 4 is 11.6 Å². The smallest absolute Gasteiger partial charge is 0.227 e. The Bertz CT molecular complexity index is 686. The minimum absolute atomic E-state index is 0.0277. The first-order valence-electron chi connectivity index (χ1n) is 7.58. The van der Waals surface area contributed by atoms with E-state index in [0.29, 0.717) is 0 Å². The number of aryl methyl sites for hydroxylation is 1. The number of benzene rings is 1. The molecule has 0 radical (unpaired) electrons. The van der Waals surface area contributed by atoms with E-state index in [9.17, 15) is 4.79 Å². The van der Waals surface area contributed by atoms with Crippen LogP contribution < -0.4 is 11.1 Å². The molecule has 0 spiro atoms. The van der Waals surface area contributed by atoms with Gasteiger partial charge in [-0.15, -0.1) is 0 Å². The van der Waals surface area contributed by atoms with Crippen LogP contribution in [-0.2, 0) is 4.79 Å². The van der Waals surface area contributed by atoms with Gasteiger partial charge in [-0.1, -0.05) is 12.1 Å². The molecule has 1 aromatic carbocycles. The van der Waals surface area contributed by atoms with Gasteiger partial charge in [-0.2, -0.15) is 0 Å². The molecular weight excluding hydrogens is 276 g/mol. The number of hydrogen-bond donors (Lipinski definition) is 2. The fourth-order valence-electron chi connectivity index (χ4n) is 2.87. The van der Waals surface area contributed by atoms with Crippen LogP contribution in [0, 0.1) is 12.8 Å². The van der Waals surface area contributed by atoms with Crippen molar-refractivity contribution in [3.05, 3.63) is 42.4 Å². The van der Waals surface area contributed by atoms with Gasteiger partial charge >= 0.3 is 0 Å². The zero-order valence-corrected chi connectivity index (χ0v) is 12.6. The molecule has 114 valence electrons. The quantitative estimate of drug-likeness (QED) is 0.912. The standard InChI is InChI=1S/C17H20N4O/c1-11-19-8-7-16(20-11)12-3-2-4-15(10-12)21-17(22)13-5-6-14(18)9-13/h2-4,7-8,10,13-14H,5-6,9,18H2,1H3,(H,21,22). The number of amides is 1. The van der Waals surface area contributed by atoms with E-state index in [1.807, 2.05) is 37.3 Å². The Labute approximate surface area is 130 Å². The highest BCUT2D eigenvalue weighted by molar-refractivity contribution is 5.93. The number of nitrogens with one attached hydrogen (secondary N) is 1. The van der Waals surface area contributed by atoms with Crippen molar-refractivity contribution in [3.8, 4) is 11.3 Å². The van der Waals surface area contributed by atoms with Gasteiger partial charge in [0.2, 0.25) is 5.91 Å². The minimum atomic E-state index is 0.0277. The maximum absolute atomic E-state index is 12.3. The summed E-state index contributed by atoms with van der Waals surface area (Å²) in [6.45, 7) is 1.86. The summed E-state index contributed by atoms with van der Waals surface area (Å²) in [5.41, 5.74) is 8.48. The predicted octanol–water partition coefficient (Wildman–Crippen LogP) is 2.52. The zero-order valence-electron chi connectivity index (χ0n) is 12.6. The van der Waals surface area contributed by atoms with Gasteiger partial charge in [0.15, 0.2) is 0 Å². The molecular formula is C17H20N4O. The van der Waals surface area contributed by atoms with Crippen LogP contribution in [0.4, 0.5) is 5.69 Å². The van der Waals surface area contributed by atoms with E-state index in [1.165, 1.54) is 0 Å². The van der Waals surface area contributed by atoms with E-state index in [-0.39, 0.29) is 17.9 Å². The summed E-state index contributed by atoms with van der Waals surface area (Å²) in [4.78, 5) is 20.8. The molecule has 1 fully saturated rings. The van der Waals surface area contributed by atoms with Crippen LogP contribution in [-0.4, -0.2) is 21.9 Å². The van der Waals surface area contributed by atoms with Crippen LogP contribution in [0.1, 0.15) is 25.1 Å². The molecule has 2 atom stereocenters. The van der Waals surface area contributed by atoms with Crippen molar-refractivity contribution in [1.29, 1.82) is 0 Å². The van der Waals surface area contributed by atoms with E-state index in [4.69, 9.17) is 5.73 Å². The molecule has 1 aliphatic carbocycles. The lowest BCUT2D eigenvalue weighted by Crippen LogP contribution is -2.23. The number of carbonyl (C=O) groups excluding carboxylic acids is 1. The summed E-state index contributed by atoms with van der Waals surface area (Å²) in [5.74, 6) is 0.816. The first-order chi connectivity index (χ1) is 10.6. The van der Waals surface area contributed by atoms with Gasteiger partial charge in [-0.25, -0.2) is 9.97 Å². The molecule has 3 N–H and O–H groups in total. The molecule has 0 saturated heterocycles. The van der Waals surface area contributed by atoms with Crippen LogP contribution in [0.25, 0.3) is 11.3 Å². The van der Waals surface area contributed by atoms with E-state index in [1.54, 1.807) is 6.20 Å². The third kappa shape index (κ3) is 3.31. The molecule has 1 aliphatic rings. The van der Waals surface area contributed by atoms with Gasteiger partial charge in [0.25, 0.3) is 0 Å². The van der Waals surface area contributed by atoms with Crippen molar-refractivity contribution in [3.63, 3.8) is 0 Å². The minimum Gasteiger partial charge on any atom is -0.328 e. The Balaban J connectivity index is 1.75. The maximum atomic E-state index is 12.3. The highest BCUT2D eigenvalue weighted by Gasteiger charge is 2.27. The normalized spacial score (nSPS) is 20.8. The van der Waals surface area contributed by atoms with Crippen LogP contribution in [0.5, 0.6) is 0 Å². The number of hydrogen-bond acceptors (Lipinski definition) is 4. The lowest BCUT2D eigenvalue weighted by Gasteiger charge is -2.11. The zero-order chi connectivity index (χ0) is 15.5. The molecule has 3 rings (SSSR count). The van der Waals surface area contributed by atoms with Gasteiger partial charge in [-0.3, -0.25) is 4.79 Å². The highest BCUT2D eigenvalue weighted by atomic mass is 16.1. The van der Waals surface area contributed by atoms with Crippen LogP contribution >= 0.6 is 0 Å². The number of carbonyl (C=O) groups is 1. The predicted molar refractivity (Wildman–Crippen MR) is 86.2 cm³/mol. The fraction of sp³-hybridized carbons (Fsp3) is 0.353. The van der Waals surface area contributed by atoms with Crippen LogP contribution in [0.2, 0.25) is 0 Å². The molecule has 0 bridgehead atoms. The van der Waals surface area contributed by atoms with Crippen molar-refractivity contribution in [2.75, 3.05) is 5.32 Å². The molecule has 2 unspecified atom stereocenters. The van der Waals surface area contributed by atoms with E-state index < -0.39 is 0 Å². The second-order valence-electron chi connectivity index (χ2n) is 5.83. The first-order valence-corrected chi connectivity index (χ1v) is 7.58. The first kappa shape index (κ1) is 14.7. The third-order valence-corrected chi connectivity index (χ3v) is 4.05. The Kier molecular flexibility index (Phi) is 4.15. The second-order valence-corrected chi connectivity index (χ2v) is 5.83. The number of anilines is 1. The van der Waals surface area contributed by atoms with Crippen molar-refractivity contribution in [2.45, 2.75) is 32.2 Å². The summed E-state index contributed by atoms with van der Waals surface area (Å²) >= 11 is 0. The van der Waals surface area contributed by atoms with Gasteiger partial charge in [0.1, 0.15) is 5.82 Å². The average molecular weight is 296 g/mol. The summed E-state index contributed by atoms with van der Waals surface area (Å²) in [6.07, 6.45) is 4.32. The molecule has 1 saturated carbocycles. The molecule has 22 heavy (non-hydrogen) atoms. The lowest BCUT2D eigenvalue weighted by atomic mass is 10.1. The lowest BCUT2D eigenvalue weighted by molar-refractivity contribution is -0.119. The molecule has 1 heterocycles. The monoisotopic (exact) mass is 296 g/mol. The second kappa shape index (κ2) is 6.23. The van der Waals surface area contributed by atoms with Gasteiger partial charge in [-0.05, 0) is 44.4 Å². The summed E-state index contributed by atoms with van der Waals surface area (Å²) in [7, 11) is 0. The Hall–Kier alpha value is -2.27. The number of rotatable bonds is 3. The fourth-order valence-corrected chi connectivity index (χ4v) is 2.87. The molecule has 5 nitrogen and oxygen atoms in total. The van der Waals surface area contributed by atoms with Gasteiger partial charge < -0.3 is 11.1 Å². The van der Waals surface area contributed by atoms with Crippen LogP contribution in [0.15, 0.2) is 36.5 Å². The maximum Gasteiger partial charge on any atom is 0.227 e. The average Bonchev–Trinajstić information content (AvgIpc) is 2.94. The molecule has 1 amide bonds. The summed E-state index contributed by atoms with van der Waals surface area (Å²) < 4.78 is 0. The molecule has 1 aromatic heterocycles.